The zero-order valence-corrected chi connectivity index (χ0v) is 12.4. The van der Waals surface area contributed by atoms with E-state index in [9.17, 15) is 4.39 Å². The van der Waals surface area contributed by atoms with Gasteiger partial charge in [0.15, 0.2) is 0 Å². The molecule has 0 saturated carbocycles. The van der Waals surface area contributed by atoms with E-state index in [0.717, 1.165) is 18.5 Å². The van der Waals surface area contributed by atoms with Crippen LogP contribution in [0.4, 0.5) is 4.39 Å². The normalized spacial score (nSPS) is 12.6. The molecule has 0 aliphatic heterocycles. The van der Waals surface area contributed by atoms with E-state index >= 15 is 0 Å². The minimum absolute atomic E-state index is 0.0283. The first-order valence-corrected chi connectivity index (χ1v) is 7.34. The van der Waals surface area contributed by atoms with Crippen molar-refractivity contribution in [1.82, 2.24) is 10.3 Å². The molecule has 2 nitrogen and oxygen atoms in total. The molecular formula is C15H19FN2S. The van der Waals surface area contributed by atoms with Crippen molar-refractivity contribution >= 4 is 11.3 Å². The van der Waals surface area contributed by atoms with Crippen LogP contribution >= 0.6 is 11.3 Å². The average molecular weight is 278 g/mol. The van der Waals surface area contributed by atoms with Gasteiger partial charge in [-0.1, -0.05) is 6.92 Å². The summed E-state index contributed by atoms with van der Waals surface area (Å²) in [7, 11) is 0. The highest BCUT2D eigenvalue weighted by molar-refractivity contribution is 7.12. The van der Waals surface area contributed by atoms with E-state index in [0.29, 0.717) is 0 Å². The molecule has 102 valence electrons. The first kappa shape index (κ1) is 14.2. The Bertz CT molecular complexity index is 531. The third-order valence-corrected chi connectivity index (χ3v) is 4.34. The van der Waals surface area contributed by atoms with Crippen molar-refractivity contribution in [2.75, 3.05) is 6.54 Å². The molecule has 19 heavy (non-hydrogen) atoms. The van der Waals surface area contributed by atoms with E-state index in [1.165, 1.54) is 21.5 Å². The Morgan fingerprint density at radius 2 is 2.11 bits per heavy atom. The molecule has 1 N–H and O–H groups in total. The van der Waals surface area contributed by atoms with E-state index in [2.05, 4.69) is 37.1 Å². The first-order chi connectivity index (χ1) is 9.11. The van der Waals surface area contributed by atoms with Gasteiger partial charge < -0.3 is 5.32 Å². The number of pyridine rings is 1. The highest BCUT2D eigenvalue weighted by Gasteiger charge is 2.17. The summed E-state index contributed by atoms with van der Waals surface area (Å²) in [6.07, 6.45) is 4.02. The fourth-order valence-corrected chi connectivity index (χ4v) is 3.15. The van der Waals surface area contributed by atoms with E-state index in [4.69, 9.17) is 0 Å². The van der Waals surface area contributed by atoms with Crippen LogP contribution in [0.15, 0.2) is 24.5 Å². The summed E-state index contributed by atoms with van der Waals surface area (Å²) in [6, 6.07) is 3.77. The van der Waals surface area contributed by atoms with Crippen molar-refractivity contribution < 1.29 is 4.39 Å². The zero-order valence-electron chi connectivity index (χ0n) is 11.5. The topological polar surface area (TPSA) is 24.9 Å². The van der Waals surface area contributed by atoms with Crippen LogP contribution in [0, 0.1) is 19.7 Å². The van der Waals surface area contributed by atoms with Crippen molar-refractivity contribution in [3.8, 4) is 0 Å². The number of nitrogens with one attached hydrogen (secondary N) is 1. The second-order valence-corrected chi connectivity index (χ2v) is 6.00. The molecule has 0 bridgehead atoms. The molecule has 1 atom stereocenters. The fourth-order valence-electron chi connectivity index (χ4n) is 2.00. The van der Waals surface area contributed by atoms with Crippen LogP contribution in [-0.4, -0.2) is 11.5 Å². The quantitative estimate of drug-likeness (QED) is 0.894. The van der Waals surface area contributed by atoms with Crippen LogP contribution in [0.1, 0.15) is 40.3 Å². The maximum absolute atomic E-state index is 13.4. The Morgan fingerprint density at radius 1 is 1.32 bits per heavy atom. The van der Waals surface area contributed by atoms with Gasteiger partial charge >= 0.3 is 0 Å². The summed E-state index contributed by atoms with van der Waals surface area (Å²) in [5, 5.41) is 3.47. The average Bonchev–Trinajstić information content (AvgIpc) is 2.70. The third-order valence-electron chi connectivity index (χ3n) is 3.13. The van der Waals surface area contributed by atoms with Crippen LogP contribution in [0.25, 0.3) is 0 Å². The zero-order chi connectivity index (χ0) is 13.8. The van der Waals surface area contributed by atoms with Crippen LogP contribution in [0.3, 0.4) is 0 Å². The molecular weight excluding hydrogens is 259 g/mol. The predicted molar refractivity (Wildman–Crippen MR) is 78.1 cm³/mol. The summed E-state index contributed by atoms with van der Waals surface area (Å²) >= 11 is 1.76. The molecule has 2 aromatic rings. The van der Waals surface area contributed by atoms with Gasteiger partial charge in [-0.3, -0.25) is 4.98 Å². The second-order valence-electron chi connectivity index (χ2n) is 4.71. The van der Waals surface area contributed by atoms with E-state index in [1.54, 1.807) is 23.6 Å². The Morgan fingerprint density at radius 3 is 2.68 bits per heavy atom. The van der Waals surface area contributed by atoms with Crippen molar-refractivity contribution in [2.24, 2.45) is 0 Å². The van der Waals surface area contributed by atoms with Gasteiger partial charge in [-0.2, -0.15) is 0 Å². The number of aryl methyl sites for hydroxylation is 2. The highest BCUT2D eigenvalue weighted by Crippen LogP contribution is 2.30. The van der Waals surface area contributed by atoms with Crippen molar-refractivity contribution in [1.29, 1.82) is 0 Å². The lowest BCUT2D eigenvalue weighted by atomic mass is 10.1. The molecule has 0 aliphatic carbocycles. The van der Waals surface area contributed by atoms with E-state index < -0.39 is 0 Å². The van der Waals surface area contributed by atoms with Crippen LogP contribution in [-0.2, 0) is 0 Å². The second kappa shape index (κ2) is 6.26. The molecule has 2 aromatic heterocycles. The molecule has 0 radical (unpaired) electrons. The lowest BCUT2D eigenvalue weighted by Gasteiger charge is -2.17. The van der Waals surface area contributed by atoms with Gasteiger partial charge in [0.05, 0.1) is 12.2 Å². The standard InChI is InChI=1S/C15H19FN2S/c1-4-5-18-15(12-7-13(16)9-17-8-12)14-6-10(2)11(3)19-14/h6-9,15,18H,4-5H2,1-3H3. The minimum Gasteiger partial charge on any atom is -0.306 e. The molecule has 0 spiro atoms. The summed E-state index contributed by atoms with van der Waals surface area (Å²) in [4.78, 5) is 6.48. The molecule has 0 aliphatic rings. The van der Waals surface area contributed by atoms with E-state index in [1.807, 2.05) is 0 Å². The Hall–Kier alpha value is -1.26. The smallest absolute Gasteiger partial charge is 0.141 e. The number of hydrogen-bond acceptors (Lipinski definition) is 3. The van der Waals surface area contributed by atoms with Gasteiger partial charge in [0.1, 0.15) is 5.82 Å². The van der Waals surface area contributed by atoms with E-state index in [-0.39, 0.29) is 11.9 Å². The maximum Gasteiger partial charge on any atom is 0.141 e. The molecule has 0 aromatic carbocycles. The van der Waals surface area contributed by atoms with Crippen molar-refractivity contribution in [3.05, 3.63) is 51.2 Å². The van der Waals surface area contributed by atoms with Crippen LogP contribution in [0.5, 0.6) is 0 Å². The monoisotopic (exact) mass is 278 g/mol. The van der Waals surface area contributed by atoms with Crippen molar-refractivity contribution in [3.63, 3.8) is 0 Å². The Labute approximate surface area is 117 Å². The molecule has 0 fully saturated rings. The number of rotatable bonds is 5. The SMILES string of the molecule is CCCNC(c1cncc(F)c1)c1cc(C)c(C)s1. The van der Waals surface area contributed by atoms with Gasteiger partial charge in [-0.15, -0.1) is 11.3 Å². The van der Waals surface area contributed by atoms with Gasteiger partial charge in [-0.25, -0.2) is 4.39 Å². The van der Waals surface area contributed by atoms with Gasteiger partial charge in [0.2, 0.25) is 0 Å². The number of hydrogen-bond donors (Lipinski definition) is 1. The minimum atomic E-state index is -0.286. The summed E-state index contributed by atoms with van der Waals surface area (Å²) < 4.78 is 13.4. The van der Waals surface area contributed by atoms with Crippen molar-refractivity contribution in [2.45, 2.75) is 33.2 Å². The third kappa shape index (κ3) is 3.39. The lowest BCUT2D eigenvalue weighted by Crippen LogP contribution is -2.22. The molecule has 4 heteroatoms. The molecule has 2 heterocycles. The number of thiophene rings is 1. The number of aromatic nitrogens is 1. The molecule has 2 rings (SSSR count). The Balaban J connectivity index is 2.35. The molecule has 0 amide bonds. The summed E-state index contributed by atoms with van der Waals surface area (Å²) in [5.74, 6) is -0.286. The number of halogens is 1. The van der Waals surface area contributed by atoms with Gasteiger partial charge in [0, 0.05) is 16.0 Å². The van der Waals surface area contributed by atoms with Crippen LogP contribution in [0.2, 0.25) is 0 Å². The summed E-state index contributed by atoms with van der Waals surface area (Å²) in [6.45, 7) is 7.25. The van der Waals surface area contributed by atoms with Gasteiger partial charge in [-0.05, 0) is 50.1 Å². The summed E-state index contributed by atoms with van der Waals surface area (Å²) in [5.41, 5.74) is 2.17. The van der Waals surface area contributed by atoms with Gasteiger partial charge in [0.25, 0.3) is 0 Å². The molecule has 0 saturated heterocycles. The highest BCUT2D eigenvalue weighted by atomic mass is 32.1. The fraction of sp³-hybridized carbons (Fsp3) is 0.400. The largest absolute Gasteiger partial charge is 0.306 e. The lowest BCUT2D eigenvalue weighted by molar-refractivity contribution is 0.585. The molecule has 1 unspecified atom stereocenters. The van der Waals surface area contributed by atoms with Crippen LogP contribution < -0.4 is 5.32 Å². The maximum atomic E-state index is 13.4. The number of nitrogens with zero attached hydrogens (tertiary/aromatic N) is 1. The first-order valence-electron chi connectivity index (χ1n) is 6.52. The predicted octanol–water partition coefficient (Wildman–Crippen LogP) is 3.99. The Kier molecular flexibility index (Phi) is 4.66.